The first-order valence-corrected chi connectivity index (χ1v) is 8.37. The van der Waals surface area contributed by atoms with Crippen molar-refractivity contribution in [2.45, 2.75) is 54.4 Å². The van der Waals surface area contributed by atoms with Crippen LogP contribution in [0.1, 0.15) is 54.4 Å². The highest BCUT2D eigenvalue weighted by Crippen LogP contribution is 2.39. The normalized spacial score (nSPS) is 23.5. The Hall–Kier alpha value is -1.01. The van der Waals surface area contributed by atoms with Crippen LogP contribution in [0.3, 0.4) is 0 Å². The van der Waals surface area contributed by atoms with Crippen LogP contribution < -0.4 is 0 Å². The maximum absolute atomic E-state index is 5.82. The Kier molecular flexibility index (Phi) is 4.68. The molecule has 0 atom stereocenters. The predicted octanol–water partition coefficient (Wildman–Crippen LogP) is 6.05. The molecular weight excluding hydrogens is 279 g/mol. The molecule has 0 saturated heterocycles. The van der Waals surface area contributed by atoms with Gasteiger partial charge in [0, 0.05) is 0 Å². The molecule has 2 aliphatic carbocycles. The van der Waals surface area contributed by atoms with Gasteiger partial charge in [0.05, 0.1) is 0 Å². The molecule has 0 unspecified atom stereocenters. The van der Waals surface area contributed by atoms with Gasteiger partial charge in [0.25, 0.3) is 9.03 Å². The van der Waals surface area contributed by atoms with E-state index < -0.39 is 0 Å². The topological polar surface area (TPSA) is 18.5 Å². The van der Waals surface area contributed by atoms with E-state index in [1.165, 1.54) is 11.1 Å². The number of hydrogen-bond donors (Lipinski definition) is 0. The van der Waals surface area contributed by atoms with Crippen molar-refractivity contribution in [1.82, 2.24) is 0 Å². The second-order valence-corrected chi connectivity index (χ2v) is 8.15. The predicted molar refractivity (Wildman–Crippen MR) is 91.0 cm³/mol. The van der Waals surface area contributed by atoms with Gasteiger partial charge in [-0.05, 0) is 60.8 Å². The third-order valence-electron chi connectivity index (χ3n) is 3.96. The molecule has 3 heteroatoms. The van der Waals surface area contributed by atoms with Crippen molar-refractivity contribution >= 4 is 9.03 Å². The van der Waals surface area contributed by atoms with Crippen LogP contribution in [0.5, 0.6) is 0 Å². The Bertz CT molecular complexity index is 485. The van der Waals surface area contributed by atoms with Crippen molar-refractivity contribution in [1.29, 1.82) is 0 Å². The average Bonchev–Trinajstić information content (AvgIpc) is 2.33. The lowest BCUT2D eigenvalue weighted by Gasteiger charge is -2.27. The lowest BCUT2D eigenvalue weighted by Crippen LogP contribution is -2.13. The fraction of sp³-hybridized carbons (Fsp3) is 0.556. The second kappa shape index (κ2) is 6.01. The Labute approximate surface area is 130 Å². The maximum Gasteiger partial charge on any atom is 0.275 e. The largest absolute Gasteiger partial charge is 0.441 e. The van der Waals surface area contributed by atoms with Gasteiger partial charge in [0.2, 0.25) is 0 Å². The molecule has 0 heterocycles. The van der Waals surface area contributed by atoms with Gasteiger partial charge in [-0.1, -0.05) is 39.8 Å². The fourth-order valence-corrected chi connectivity index (χ4v) is 3.60. The van der Waals surface area contributed by atoms with E-state index in [-0.39, 0.29) is 19.9 Å². The fourth-order valence-electron chi connectivity index (χ4n) is 2.90. The molecule has 0 radical (unpaired) electrons. The molecular formula is C18H27O2P. The van der Waals surface area contributed by atoms with E-state index in [2.05, 4.69) is 65.8 Å². The summed E-state index contributed by atoms with van der Waals surface area (Å²) in [5.74, 6) is 1.93. The molecule has 0 spiro atoms. The molecule has 0 aromatic rings. The minimum atomic E-state index is 0.0117. The summed E-state index contributed by atoms with van der Waals surface area (Å²) < 4.78 is 11.6. The SMILES string of the molecule is CC1=C(OPOC2=C(C)CC(C)(C)C=C2)C=CC(C)(C)C1. The van der Waals surface area contributed by atoms with Crippen molar-refractivity contribution in [3.8, 4) is 0 Å². The van der Waals surface area contributed by atoms with Crippen LogP contribution in [0.25, 0.3) is 0 Å². The van der Waals surface area contributed by atoms with Gasteiger partial charge >= 0.3 is 0 Å². The summed E-state index contributed by atoms with van der Waals surface area (Å²) in [6.45, 7) is 13.2. The molecule has 116 valence electrons. The first-order chi connectivity index (χ1) is 9.69. The second-order valence-electron chi connectivity index (χ2n) is 7.57. The molecule has 0 N–H and O–H groups in total. The molecule has 0 amide bonds. The van der Waals surface area contributed by atoms with Crippen molar-refractivity contribution in [2.24, 2.45) is 10.8 Å². The van der Waals surface area contributed by atoms with Crippen LogP contribution in [0, 0.1) is 10.8 Å². The highest BCUT2D eigenvalue weighted by atomic mass is 31.1. The van der Waals surface area contributed by atoms with Crippen LogP contribution in [-0.4, -0.2) is 0 Å². The molecule has 0 aromatic carbocycles. The van der Waals surface area contributed by atoms with Crippen LogP contribution in [0.15, 0.2) is 47.0 Å². The van der Waals surface area contributed by atoms with Gasteiger partial charge in [-0.15, -0.1) is 0 Å². The summed E-state index contributed by atoms with van der Waals surface area (Å²) in [5.41, 5.74) is 3.06. The average molecular weight is 306 g/mol. The van der Waals surface area contributed by atoms with E-state index >= 15 is 0 Å². The van der Waals surface area contributed by atoms with Gasteiger partial charge in [0.1, 0.15) is 11.5 Å². The Balaban J connectivity index is 1.89. The number of rotatable bonds is 4. The molecule has 0 aromatic heterocycles. The monoisotopic (exact) mass is 306 g/mol. The summed E-state index contributed by atoms with van der Waals surface area (Å²) in [6, 6.07) is 0. The Morgan fingerprint density at radius 1 is 0.810 bits per heavy atom. The standard InChI is InChI=1S/C18H27O2P/c1-13-11-17(3,4)9-7-15(13)19-21-20-16-8-10-18(5,6)12-14(16)2/h7-10,21H,11-12H2,1-6H3. The van der Waals surface area contributed by atoms with Crippen LogP contribution >= 0.6 is 9.03 Å². The van der Waals surface area contributed by atoms with Crippen LogP contribution in [0.4, 0.5) is 0 Å². The van der Waals surface area contributed by atoms with E-state index in [1.807, 2.05) is 0 Å². The number of allylic oxidation sites excluding steroid dienone is 6. The number of hydrogen-bond acceptors (Lipinski definition) is 2. The van der Waals surface area contributed by atoms with Crippen LogP contribution in [0.2, 0.25) is 0 Å². The van der Waals surface area contributed by atoms with Gasteiger partial charge in [-0.3, -0.25) is 0 Å². The first kappa shape index (κ1) is 16.4. The quantitative estimate of drug-likeness (QED) is 0.589. The summed E-state index contributed by atoms with van der Waals surface area (Å²) in [4.78, 5) is 0. The van der Waals surface area contributed by atoms with Gasteiger partial charge < -0.3 is 9.05 Å². The zero-order valence-corrected chi connectivity index (χ0v) is 15.0. The van der Waals surface area contributed by atoms with Gasteiger partial charge in [-0.25, -0.2) is 0 Å². The van der Waals surface area contributed by atoms with Crippen molar-refractivity contribution in [3.63, 3.8) is 0 Å². The van der Waals surface area contributed by atoms with E-state index in [4.69, 9.17) is 9.05 Å². The Morgan fingerprint density at radius 2 is 1.19 bits per heavy atom. The molecule has 21 heavy (non-hydrogen) atoms. The third-order valence-corrected chi connectivity index (χ3v) is 4.56. The molecule has 0 saturated carbocycles. The molecule has 2 nitrogen and oxygen atoms in total. The van der Waals surface area contributed by atoms with E-state index in [0.29, 0.717) is 0 Å². The minimum absolute atomic E-state index is 0.0117. The molecule has 0 bridgehead atoms. The Morgan fingerprint density at radius 3 is 1.52 bits per heavy atom. The van der Waals surface area contributed by atoms with Crippen molar-refractivity contribution in [2.75, 3.05) is 0 Å². The zero-order chi connectivity index (χ0) is 15.7. The van der Waals surface area contributed by atoms with E-state index in [0.717, 1.165) is 24.4 Å². The van der Waals surface area contributed by atoms with E-state index in [9.17, 15) is 0 Å². The summed E-state index contributed by atoms with van der Waals surface area (Å²) in [7, 11) is 0.0117. The molecule has 0 fully saturated rings. The molecule has 0 aliphatic heterocycles. The van der Waals surface area contributed by atoms with Crippen molar-refractivity contribution in [3.05, 3.63) is 47.0 Å². The molecule has 2 rings (SSSR count). The minimum Gasteiger partial charge on any atom is -0.441 e. The smallest absolute Gasteiger partial charge is 0.275 e. The van der Waals surface area contributed by atoms with Crippen LogP contribution in [-0.2, 0) is 9.05 Å². The highest BCUT2D eigenvalue weighted by Gasteiger charge is 2.22. The lowest BCUT2D eigenvalue weighted by molar-refractivity contribution is 0.361. The first-order valence-electron chi connectivity index (χ1n) is 7.55. The lowest BCUT2D eigenvalue weighted by atomic mass is 9.82. The van der Waals surface area contributed by atoms with Crippen molar-refractivity contribution < 1.29 is 9.05 Å². The third kappa shape index (κ3) is 4.48. The van der Waals surface area contributed by atoms with Gasteiger partial charge in [-0.2, -0.15) is 0 Å². The maximum atomic E-state index is 5.82. The summed E-state index contributed by atoms with van der Waals surface area (Å²) >= 11 is 0. The summed E-state index contributed by atoms with van der Waals surface area (Å²) in [6.07, 6.45) is 10.7. The summed E-state index contributed by atoms with van der Waals surface area (Å²) in [5, 5.41) is 0. The van der Waals surface area contributed by atoms with Gasteiger partial charge in [0.15, 0.2) is 0 Å². The van der Waals surface area contributed by atoms with E-state index in [1.54, 1.807) is 0 Å². The molecule has 2 aliphatic rings. The highest BCUT2D eigenvalue weighted by molar-refractivity contribution is 7.26. The zero-order valence-electron chi connectivity index (χ0n) is 14.0.